The number of piperazine rings is 1. The Labute approximate surface area is 263 Å². The van der Waals surface area contributed by atoms with Crippen molar-refractivity contribution in [3.63, 3.8) is 0 Å². The lowest BCUT2D eigenvalue weighted by Gasteiger charge is -2.43. The molecule has 0 radical (unpaired) electrons. The number of aromatic nitrogens is 3. The molecule has 1 N–H and O–H groups in total. The molecule has 0 amide bonds. The Morgan fingerprint density at radius 3 is 2.43 bits per heavy atom. The van der Waals surface area contributed by atoms with Gasteiger partial charge in [0, 0.05) is 74.1 Å². The summed E-state index contributed by atoms with van der Waals surface area (Å²) in [4.78, 5) is 23.2. The number of hydrogen-bond acceptors (Lipinski definition) is 12. The van der Waals surface area contributed by atoms with Crippen LogP contribution in [0.25, 0.3) is 21.5 Å². The van der Waals surface area contributed by atoms with Crippen molar-refractivity contribution in [2.75, 3.05) is 75.5 Å². The summed E-state index contributed by atoms with van der Waals surface area (Å²) in [5.74, 6) is 0.848. The van der Waals surface area contributed by atoms with Crippen molar-refractivity contribution in [3.05, 3.63) is 22.7 Å². The first kappa shape index (κ1) is 31.4. The van der Waals surface area contributed by atoms with E-state index in [0.717, 1.165) is 67.7 Å². The number of nitrogens with one attached hydrogen (secondary N) is 1. The van der Waals surface area contributed by atoms with Crippen LogP contribution in [0.1, 0.15) is 37.1 Å². The van der Waals surface area contributed by atoms with Gasteiger partial charge in [0.2, 0.25) is 21.9 Å². The lowest BCUT2D eigenvalue weighted by Crippen LogP contribution is -2.53. The summed E-state index contributed by atoms with van der Waals surface area (Å²) in [5.41, 5.74) is 3.87. The number of aryl methyl sites for hydroxylation is 1. The predicted octanol–water partition coefficient (Wildman–Crippen LogP) is 3.35. The van der Waals surface area contributed by atoms with Crippen molar-refractivity contribution in [1.29, 1.82) is 0 Å². The van der Waals surface area contributed by atoms with Gasteiger partial charge in [-0.25, -0.2) is 23.4 Å². The van der Waals surface area contributed by atoms with Crippen molar-refractivity contribution >= 4 is 43.2 Å². The Hall–Kier alpha value is -2.62. The van der Waals surface area contributed by atoms with E-state index in [0.29, 0.717) is 56.1 Å². The Morgan fingerprint density at radius 2 is 1.77 bits per heavy atom. The maximum atomic E-state index is 12.1. The van der Waals surface area contributed by atoms with E-state index < -0.39 is 10.0 Å². The first-order valence-corrected chi connectivity index (χ1v) is 18.1. The molecule has 3 saturated heterocycles. The molecule has 0 bridgehead atoms. The second-order valence-electron chi connectivity index (χ2n) is 12.1. The molecule has 6 heterocycles. The topological polar surface area (TPSA) is 122 Å². The van der Waals surface area contributed by atoms with Crippen LogP contribution in [0, 0.1) is 6.92 Å². The first-order valence-electron chi connectivity index (χ1n) is 15.3. The van der Waals surface area contributed by atoms with Gasteiger partial charge in [0.25, 0.3) is 0 Å². The van der Waals surface area contributed by atoms with Crippen LogP contribution >= 0.6 is 11.3 Å². The molecule has 0 saturated carbocycles. The summed E-state index contributed by atoms with van der Waals surface area (Å²) < 4.78 is 44.7. The molecule has 0 spiro atoms. The molecule has 3 fully saturated rings. The molecule has 12 nitrogen and oxygen atoms in total. The molecule has 44 heavy (non-hydrogen) atoms. The summed E-state index contributed by atoms with van der Waals surface area (Å²) in [7, 11) is -2.08. The van der Waals surface area contributed by atoms with E-state index in [1.165, 1.54) is 17.6 Å². The standard InChI is InChI=1S/C30H43N7O5S2/c1-19-14-23(15-20(2)42-19)36-8-6-35(7-9-36)18-24-21(3)43-28-26(32-30(33-27(24)28)37-10-12-41-13-11-37)22-16-25(34-44(5,38)39)29(40-4)31-17-22/h16-17,19-20,23,34H,6-15,18H2,1-5H3. The monoisotopic (exact) mass is 645 g/mol. The number of sulfonamides is 1. The number of morpholine rings is 1. The quantitative estimate of drug-likeness (QED) is 0.388. The fraction of sp³-hybridized carbons (Fsp3) is 0.633. The lowest BCUT2D eigenvalue weighted by atomic mass is 9.97. The molecule has 0 aliphatic carbocycles. The SMILES string of the molecule is COc1ncc(-c2nc(N3CCOCC3)nc3c(CN4CCN(C5CC(C)OC(C)C5)CC4)c(C)sc23)cc1NS(C)(=O)=O. The van der Waals surface area contributed by atoms with Gasteiger partial charge in [-0.2, -0.15) is 0 Å². The number of hydrogen-bond donors (Lipinski definition) is 1. The molecule has 3 aromatic heterocycles. The van der Waals surface area contributed by atoms with Crippen LogP contribution in [0.5, 0.6) is 5.88 Å². The average molecular weight is 646 g/mol. The van der Waals surface area contributed by atoms with Gasteiger partial charge in [-0.1, -0.05) is 0 Å². The second-order valence-corrected chi connectivity index (χ2v) is 15.1. The summed E-state index contributed by atoms with van der Waals surface area (Å²) in [5, 5.41) is 0. The first-order chi connectivity index (χ1) is 21.1. The molecule has 3 aliphatic rings. The largest absolute Gasteiger partial charge is 0.480 e. The molecule has 3 aliphatic heterocycles. The second kappa shape index (κ2) is 13.0. The van der Waals surface area contributed by atoms with Gasteiger partial charge >= 0.3 is 0 Å². The van der Waals surface area contributed by atoms with E-state index in [4.69, 9.17) is 24.2 Å². The van der Waals surface area contributed by atoms with Gasteiger partial charge in [-0.15, -0.1) is 11.3 Å². The minimum absolute atomic E-state index is 0.199. The van der Waals surface area contributed by atoms with E-state index in [9.17, 15) is 8.42 Å². The molecule has 2 unspecified atom stereocenters. The number of pyridine rings is 1. The van der Waals surface area contributed by atoms with Gasteiger partial charge in [-0.05, 0) is 39.7 Å². The maximum absolute atomic E-state index is 12.1. The molecular formula is C30H43N7O5S2. The third-order valence-corrected chi connectivity index (χ3v) is 10.4. The van der Waals surface area contributed by atoms with Crippen molar-refractivity contribution in [2.45, 2.75) is 58.4 Å². The molecule has 6 rings (SSSR count). The number of anilines is 2. The normalized spacial score (nSPS) is 24.1. The summed E-state index contributed by atoms with van der Waals surface area (Å²) in [6, 6.07) is 2.33. The molecule has 2 atom stereocenters. The third-order valence-electron chi connectivity index (χ3n) is 8.70. The van der Waals surface area contributed by atoms with Crippen LogP contribution in [0.2, 0.25) is 0 Å². The van der Waals surface area contributed by atoms with E-state index in [1.54, 1.807) is 23.6 Å². The van der Waals surface area contributed by atoms with Gasteiger partial charge in [-0.3, -0.25) is 14.5 Å². The highest BCUT2D eigenvalue weighted by atomic mass is 32.2. The van der Waals surface area contributed by atoms with E-state index >= 15 is 0 Å². The predicted molar refractivity (Wildman–Crippen MR) is 173 cm³/mol. The van der Waals surface area contributed by atoms with Gasteiger partial charge in [0.05, 0.1) is 54.7 Å². The van der Waals surface area contributed by atoms with Crippen LogP contribution in [0.15, 0.2) is 12.3 Å². The highest BCUT2D eigenvalue weighted by Gasteiger charge is 2.31. The van der Waals surface area contributed by atoms with Crippen molar-refractivity contribution in [3.8, 4) is 17.1 Å². The van der Waals surface area contributed by atoms with Crippen LogP contribution in [-0.2, 0) is 26.0 Å². The van der Waals surface area contributed by atoms with Crippen molar-refractivity contribution in [1.82, 2.24) is 24.8 Å². The van der Waals surface area contributed by atoms with Gasteiger partial charge in [0.1, 0.15) is 5.69 Å². The fourth-order valence-electron chi connectivity index (χ4n) is 6.60. The lowest BCUT2D eigenvalue weighted by molar-refractivity contribution is -0.0715. The molecule has 0 aromatic carbocycles. The van der Waals surface area contributed by atoms with Crippen LogP contribution < -0.4 is 14.4 Å². The summed E-state index contributed by atoms with van der Waals surface area (Å²) >= 11 is 1.68. The highest BCUT2D eigenvalue weighted by Crippen LogP contribution is 2.39. The third kappa shape index (κ3) is 6.95. The maximum Gasteiger partial charge on any atom is 0.238 e. The van der Waals surface area contributed by atoms with Gasteiger partial charge in [0.15, 0.2) is 0 Å². The zero-order valence-corrected chi connectivity index (χ0v) is 27.8. The number of rotatable bonds is 8. The molecule has 3 aromatic rings. The Kier molecular flexibility index (Phi) is 9.27. The van der Waals surface area contributed by atoms with E-state index in [2.05, 4.69) is 45.2 Å². The number of thiophene rings is 1. The van der Waals surface area contributed by atoms with Crippen LogP contribution in [0.4, 0.5) is 11.6 Å². The summed E-state index contributed by atoms with van der Waals surface area (Å²) in [6.07, 6.45) is 5.63. The smallest absolute Gasteiger partial charge is 0.238 e. The average Bonchev–Trinajstić information content (AvgIpc) is 3.30. The molecule has 240 valence electrons. The minimum atomic E-state index is -3.55. The Bertz CT molecular complexity index is 1580. The Balaban J connectivity index is 1.32. The van der Waals surface area contributed by atoms with E-state index in [-0.39, 0.29) is 11.6 Å². The number of fused-ring (bicyclic) bond motifs is 1. The number of ether oxygens (including phenoxy) is 3. The van der Waals surface area contributed by atoms with E-state index in [1.807, 2.05) is 0 Å². The van der Waals surface area contributed by atoms with Gasteiger partial charge < -0.3 is 19.1 Å². The van der Waals surface area contributed by atoms with Crippen LogP contribution in [-0.4, -0.2) is 117 Å². The van der Waals surface area contributed by atoms with Crippen LogP contribution in [0.3, 0.4) is 0 Å². The molecule has 14 heteroatoms. The number of methoxy groups -OCH3 is 1. The highest BCUT2D eigenvalue weighted by molar-refractivity contribution is 7.92. The van der Waals surface area contributed by atoms with Crippen molar-refractivity contribution < 1.29 is 22.6 Å². The Morgan fingerprint density at radius 1 is 1.07 bits per heavy atom. The minimum Gasteiger partial charge on any atom is -0.480 e. The fourth-order valence-corrected chi connectivity index (χ4v) is 8.27. The zero-order chi connectivity index (χ0) is 31.0. The zero-order valence-electron chi connectivity index (χ0n) is 26.2. The molecular weight excluding hydrogens is 603 g/mol. The number of nitrogens with zero attached hydrogens (tertiary/aromatic N) is 6. The van der Waals surface area contributed by atoms with Crippen molar-refractivity contribution in [2.24, 2.45) is 0 Å². The summed E-state index contributed by atoms with van der Waals surface area (Å²) in [6.45, 7) is 14.1.